The predicted molar refractivity (Wildman–Crippen MR) is 148 cm³/mol. The Morgan fingerprint density at radius 3 is 2.26 bits per heavy atom. The molecule has 0 aliphatic heterocycles. The van der Waals surface area contributed by atoms with Gasteiger partial charge in [-0.3, -0.25) is 19.6 Å². The highest BCUT2D eigenvalue weighted by Gasteiger charge is 2.29. The Hall–Kier alpha value is -4.28. The molecule has 0 spiro atoms. The Bertz CT molecular complexity index is 1580. The van der Waals surface area contributed by atoms with Crippen LogP contribution in [0.3, 0.4) is 0 Å². The van der Waals surface area contributed by atoms with E-state index >= 15 is 0 Å². The van der Waals surface area contributed by atoms with Crippen molar-refractivity contribution in [1.29, 1.82) is 5.41 Å². The third-order valence-corrected chi connectivity index (χ3v) is 7.57. The van der Waals surface area contributed by atoms with Crippen LogP contribution >= 0.6 is 0 Å². The number of benzene rings is 3. The number of carbonyl (C=O) groups is 2. The number of para-hydroxylation sites is 1. The Kier molecular flexibility index (Phi) is 8.04. The molecular formula is C28H29N5O4S. The minimum Gasteiger partial charge on any atom is -0.384 e. The molecule has 0 fully saturated rings. The zero-order valence-corrected chi connectivity index (χ0v) is 21.7. The Morgan fingerprint density at radius 1 is 0.947 bits per heavy atom. The van der Waals surface area contributed by atoms with E-state index in [1.807, 2.05) is 30.3 Å². The largest absolute Gasteiger partial charge is 0.384 e. The zero-order chi connectivity index (χ0) is 27.3. The van der Waals surface area contributed by atoms with Gasteiger partial charge in [-0.25, -0.2) is 13.1 Å². The lowest BCUT2D eigenvalue weighted by Gasteiger charge is -2.20. The molecule has 3 aromatic carbocycles. The van der Waals surface area contributed by atoms with Gasteiger partial charge >= 0.3 is 0 Å². The molecule has 5 N–H and O–H groups in total. The number of fused-ring (bicyclic) bond motifs is 1. The highest BCUT2D eigenvalue weighted by Crippen LogP contribution is 2.22. The van der Waals surface area contributed by atoms with E-state index in [4.69, 9.17) is 11.1 Å². The van der Waals surface area contributed by atoms with Gasteiger partial charge in [0.05, 0.1) is 11.3 Å². The van der Waals surface area contributed by atoms with E-state index in [1.165, 1.54) is 11.5 Å². The second-order valence-electron chi connectivity index (χ2n) is 8.82. The van der Waals surface area contributed by atoms with Crippen LogP contribution in [0, 0.1) is 5.41 Å². The van der Waals surface area contributed by atoms with Gasteiger partial charge < -0.3 is 11.1 Å². The summed E-state index contributed by atoms with van der Waals surface area (Å²) in [7, 11) is -3.73. The van der Waals surface area contributed by atoms with Crippen molar-refractivity contribution < 1.29 is 18.0 Å². The molecule has 38 heavy (non-hydrogen) atoms. The summed E-state index contributed by atoms with van der Waals surface area (Å²) in [5.41, 5.74) is 8.24. The number of nitrogens with zero attached hydrogens (tertiary/aromatic N) is 1. The molecular weight excluding hydrogens is 502 g/mol. The van der Waals surface area contributed by atoms with Crippen molar-refractivity contribution in [2.75, 3.05) is 5.75 Å². The van der Waals surface area contributed by atoms with Crippen LogP contribution in [0.5, 0.6) is 0 Å². The van der Waals surface area contributed by atoms with Crippen LogP contribution < -0.4 is 15.8 Å². The van der Waals surface area contributed by atoms with E-state index in [0.29, 0.717) is 16.5 Å². The third kappa shape index (κ3) is 6.16. The Labute approximate surface area is 221 Å². The molecule has 0 radical (unpaired) electrons. The van der Waals surface area contributed by atoms with E-state index in [-0.39, 0.29) is 30.2 Å². The molecule has 0 aliphatic carbocycles. The fourth-order valence-corrected chi connectivity index (χ4v) is 4.90. The van der Waals surface area contributed by atoms with E-state index in [0.717, 1.165) is 11.1 Å². The van der Waals surface area contributed by atoms with Crippen LogP contribution in [-0.4, -0.2) is 42.4 Å². The average molecular weight is 532 g/mol. The van der Waals surface area contributed by atoms with Gasteiger partial charge in [-0.15, -0.1) is 0 Å². The minimum atomic E-state index is -3.73. The molecule has 0 saturated heterocycles. The average Bonchev–Trinajstić information content (AvgIpc) is 3.31. The molecule has 1 atom stereocenters. The topological polar surface area (TPSA) is 147 Å². The van der Waals surface area contributed by atoms with Crippen molar-refractivity contribution in [1.82, 2.24) is 14.6 Å². The summed E-state index contributed by atoms with van der Waals surface area (Å²) < 4.78 is 28.8. The molecule has 1 aromatic heterocycles. The number of sulfonamides is 1. The van der Waals surface area contributed by atoms with Gasteiger partial charge in [0.1, 0.15) is 17.6 Å². The number of nitrogen functional groups attached to an aromatic ring is 1. The highest BCUT2D eigenvalue weighted by atomic mass is 32.2. The molecule has 196 valence electrons. The molecule has 9 nitrogen and oxygen atoms in total. The maximum Gasteiger partial charge on any atom is 0.268 e. The molecule has 0 aliphatic rings. The van der Waals surface area contributed by atoms with Gasteiger partial charge in [-0.1, -0.05) is 72.8 Å². The fraction of sp³-hybridized carbons (Fsp3) is 0.179. The summed E-state index contributed by atoms with van der Waals surface area (Å²) in [6, 6.07) is 23.6. The van der Waals surface area contributed by atoms with Gasteiger partial charge in [-0.05, 0) is 36.6 Å². The normalized spacial score (nSPS) is 12.2. The summed E-state index contributed by atoms with van der Waals surface area (Å²) in [5, 5.41) is 11.0. The van der Waals surface area contributed by atoms with Crippen LogP contribution in [0.25, 0.3) is 10.9 Å². The molecule has 1 heterocycles. The summed E-state index contributed by atoms with van der Waals surface area (Å²) in [4.78, 5) is 27.3. The smallest absolute Gasteiger partial charge is 0.268 e. The number of nitrogens with two attached hydrogens (primary N) is 1. The van der Waals surface area contributed by atoms with Crippen molar-refractivity contribution >= 4 is 38.6 Å². The lowest BCUT2D eigenvalue weighted by molar-refractivity contribution is 0.0846. The first kappa shape index (κ1) is 26.8. The van der Waals surface area contributed by atoms with Crippen molar-refractivity contribution in [3.8, 4) is 0 Å². The fourth-order valence-electron chi connectivity index (χ4n) is 4.12. The monoisotopic (exact) mass is 531 g/mol. The molecule has 4 aromatic rings. The summed E-state index contributed by atoms with van der Waals surface area (Å²) in [6.07, 6.45) is 0.120. The van der Waals surface area contributed by atoms with Crippen LogP contribution in [0.15, 0.2) is 84.9 Å². The number of hydrogen-bond acceptors (Lipinski definition) is 5. The van der Waals surface area contributed by atoms with Gasteiger partial charge in [0.2, 0.25) is 15.9 Å². The number of hydrogen-bond donors (Lipinski definition) is 4. The Morgan fingerprint density at radius 2 is 1.61 bits per heavy atom. The standard InChI is InChI=1S/C28H29N5O4S/c1-2-38(36,37)32-23(16-19-8-4-3-5-9-19)28(35)33-24-11-7-6-10-22(24)17-25(33)27(34)31-18-20-12-14-21(15-13-20)26(29)30/h3-15,17,23,32H,2,16,18H2,1H3,(H3,29,30)(H,31,34)/t23-/m1/s1. The quantitative estimate of drug-likeness (QED) is 0.183. The molecule has 0 unspecified atom stereocenters. The van der Waals surface area contributed by atoms with Crippen molar-refractivity contribution in [2.24, 2.45) is 5.73 Å². The van der Waals surface area contributed by atoms with Crippen LogP contribution in [-0.2, 0) is 23.0 Å². The number of amides is 1. The van der Waals surface area contributed by atoms with E-state index in [1.54, 1.807) is 54.6 Å². The SMILES string of the molecule is CCS(=O)(=O)N[C@H](Cc1ccccc1)C(=O)n1c(C(=O)NCc2ccc(C(=N)N)cc2)cc2ccccc21. The van der Waals surface area contributed by atoms with E-state index in [2.05, 4.69) is 10.0 Å². The number of nitrogens with one attached hydrogen (secondary N) is 3. The maximum absolute atomic E-state index is 13.9. The van der Waals surface area contributed by atoms with Gasteiger partial charge in [0.25, 0.3) is 5.91 Å². The lowest BCUT2D eigenvalue weighted by atomic mass is 10.1. The second-order valence-corrected chi connectivity index (χ2v) is 10.9. The van der Waals surface area contributed by atoms with Gasteiger partial charge in [-0.2, -0.15) is 0 Å². The summed E-state index contributed by atoms with van der Waals surface area (Å²) in [6.45, 7) is 1.68. The first-order valence-electron chi connectivity index (χ1n) is 12.1. The summed E-state index contributed by atoms with van der Waals surface area (Å²) in [5.74, 6) is -1.27. The molecule has 4 rings (SSSR count). The number of carbonyl (C=O) groups excluding carboxylic acids is 2. The maximum atomic E-state index is 13.9. The summed E-state index contributed by atoms with van der Waals surface area (Å²) >= 11 is 0. The van der Waals surface area contributed by atoms with Crippen molar-refractivity contribution in [3.05, 3.63) is 107 Å². The molecule has 10 heteroatoms. The molecule has 1 amide bonds. The second kappa shape index (κ2) is 11.4. The predicted octanol–water partition coefficient (Wildman–Crippen LogP) is 3.05. The van der Waals surface area contributed by atoms with Crippen molar-refractivity contribution in [3.63, 3.8) is 0 Å². The van der Waals surface area contributed by atoms with Crippen molar-refractivity contribution in [2.45, 2.75) is 25.9 Å². The number of aromatic nitrogens is 1. The first-order valence-corrected chi connectivity index (χ1v) is 13.7. The van der Waals surface area contributed by atoms with Gasteiger partial charge in [0.15, 0.2) is 0 Å². The van der Waals surface area contributed by atoms with Gasteiger partial charge in [0, 0.05) is 17.5 Å². The minimum absolute atomic E-state index is 0.0487. The molecule has 0 saturated carbocycles. The number of amidine groups is 1. The highest BCUT2D eigenvalue weighted by molar-refractivity contribution is 7.89. The molecule has 0 bridgehead atoms. The first-order chi connectivity index (χ1) is 18.2. The van der Waals surface area contributed by atoms with Crippen LogP contribution in [0.2, 0.25) is 0 Å². The van der Waals surface area contributed by atoms with Crippen LogP contribution in [0.1, 0.15) is 38.9 Å². The lowest BCUT2D eigenvalue weighted by Crippen LogP contribution is -2.46. The van der Waals surface area contributed by atoms with Crippen LogP contribution in [0.4, 0.5) is 0 Å². The van der Waals surface area contributed by atoms with E-state index < -0.39 is 27.9 Å². The third-order valence-electron chi connectivity index (χ3n) is 6.16. The Balaban J connectivity index is 1.67. The van der Waals surface area contributed by atoms with E-state index in [9.17, 15) is 18.0 Å². The zero-order valence-electron chi connectivity index (χ0n) is 20.8. The number of rotatable bonds is 10.